The highest BCUT2D eigenvalue weighted by molar-refractivity contribution is 5.97. The normalized spacial score (nSPS) is 9.36. The molecule has 3 rings (SSSR count). The smallest absolute Gasteiger partial charge is 0.223 e. The van der Waals surface area contributed by atoms with Crippen LogP contribution in [0.3, 0.4) is 0 Å². The number of nitrogens with one attached hydrogen (secondary N) is 2. The number of benzene rings is 2. The van der Waals surface area contributed by atoms with Crippen LogP contribution in [0.25, 0.3) is 22.0 Å². The summed E-state index contributed by atoms with van der Waals surface area (Å²) in [6.07, 6.45) is 1.71. The van der Waals surface area contributed by atoms with Gasteiger partial charge in [0, 0.05) is 12.5 Å². The van der Waals surface area contributed by atoms with Gasteiger partial charge in [-0.05, 0) is 22.9 Å². The second kappa shape index (κ2) is 10.1. The van der Waals surface area contributed by atoms with Gasteiger partial charge in [-0.1, -0.05) is 52.0 Å². The maximum absolute atomic E-state index is 11.1. The monoisotopic (exact) mass is 341 g/mol. The molecular weight excluding hydrogens is 314 g/mol. The van der Waals surface area contributed by atoms with Gasteiger partial charge in [0.1, 0.15) is 5.75 Å². The maximum Gasteiger partial charge on any atom is 0.223 e. The van der Waals surface area contributed by atoms with Gasteiger partial charge < -0.3 is 9.72 Å². The van der Waals surface area contributed by atoms with Gasteiger partial charge >= 0.3 is 0 Å². The number of fused-ring (bicyclic) bond motifs is 1. The van der Waals surface area contributed by atoms with Gasteiger partial charge in [0.15, 0.2) is 0 Å². The van der Waals surface area contributed by atoms with Crippen molar-refractivity contribution in [1.82, 2.24) is 9.97 Å². The summed E-state index contributed by atoms with van der Waals surface area (Å²) in [4.78, 5) is 18.3. The molecule has 1 amide bonds. The third-order valence-corrected chi connectivity index (χ3v) is 3.25. The van der Waals surface area contributed by atoms with E-state index in [0.29, 0.717) is 5.95 Å². The Bertz CT molecular complexity index is 810. The van der Waals surface area contributed by atoms with Crippen LogP contribution in [0.1, 0.15) is 34.6 Å². The predicted molar refractivity (Wildman–Crippen MR) is 105 cm³/mol. The number of amides is 1. The van der Waals surface area contributed by atoms with E-state index in [2.05, 4.69) is 15.3 Å². The number of carbonyl (C=O) groups excluding carboxylic acids is 1. The summed E-state index contributed by atoms with van der Waals surface area (Å²) in [6, 6.07) is 12.0. The Labute approximate surface area is 149 Å². The summed E-state index contributed by atoms with van der Waals surface area (Å²) < 4.78 is 5.25. The van der Waals surface area contributed by atoms with Crippen LogP contribution < -0.4 is 10.1 Å². The maximum atomic E-state index is 11.1. The van der Waals surface area contributed by atoms with E-state index in [1.807, 2.05) is 64.1 Å². The SMILES string of the molecule is CC.CC.COc1ccc2c(-c3cnc(NC(C)=O)[nH]3)cccc2c1. The third-order valence-electron chi connectivity index (χ3n) is 3.25. The van der Waals surface area contributed by atoms with Crippen molar-refractivity contribution < 1.29 is 9.53 Å². The number of rotatable bonds is 3. The summed E-state index contributed by atoms with van der Waals surface area (Å²) in [7, 11) is 1.65. The van der Waals surface area contributed by atoms with Crippen molar-refractivity contribution >= 4 is 22.6 Å². The van der Waals surface area contributed by atoms with Crippen LogP contribution >= 0.6 is 0 Å². The van der Waals surface area contributed by atoms with E-state index in [-0.39, 0.29) is 5.91 Å². The Morgan fingerprint density at radius 2 is 1.84 bits per heavy atom. The lowest BCUT2D eigenvalue weighted by atomic mass is 10.0. The number of carbonyl (C=O) groups is 1. The van der Waals surface area contributed by atoms with E-state index in [1.165, 1.54) is 6.92 Å². The minimum Gasteiger partial charge on any atom is -0.497 e. The summed E-state index contributed by atoms with van der Waals surface area (Å²) in [6.45, 7) is 9.45. The number of hydrogen-bond donors (Lipinski definition) is 2. The molecule has 3 aromatic rings. The van der Waals surface area contributed by atoms with Crippen LogP contribution in [0.5, 0.6) is 5.75 Å². The van der Waals surface area contributed by atoms with Gasteiger partial charge in [0.2, 0.25) is 11.9 Å². The van der Waals surface area contributed by atoms with E-state index < -0.39 is 0 Å². The van der Waals surface area contributed by atoms with Crippen molar-refractivity contribution in [3.63, 3.8) is 0 Å². The van der Waals surface area contributed by atoms with Crippen LogP contribution in [0, 0.1) is 0 Å². The van der Waals surface area contributed by atoms with Gasteiger partial charge in [-0.3, -0.25) is 10.1 Å². The van der Waals surface area contributed by atoms with E-state index in [4.69, 9.17) is 4.74 Å². The van der Waals surface area contributed by atoms with Crippen LogP contribution in [-0.2, 0) is 4.79 Å². The number of aromatic nitrogens is 2. The lowest BCUT2D eigenvalue weighted by molar-refractivity contribution is -0.114. The summed E-state index contributed by atoms with van der Waals surface area (Å²) in [5.41, 5.74) is 1.88. The van der Waals surface area contributed by atoms with Gasteiger partial charge in [-0.15, -0.1) is 0 Å². The number of aromatic amines is 1. The number of hydrogen-bond acceptors (Lipinski definition) is 3. The number of methoxy groups -OCH3 is 1. The molecule has 0 bridgehead atoms. The minimum atomic E-state index is -0.154. The van der Waals surface area contributed by atoms with Crippen LogP contribution in [0.2, 0.25) is 0 Å². The molecule has 0 aliphatic rings. The Morgan fingerprint density at radius 3 is 2.48 bits per heavy atom. The zero-order valence-electron chi connectivity index (χ0n) is 15.8. The molecule has 1 aromatic heterocycles. The molecule has 25 heavy (non-hydrogen) atoms. The molecule has 1 heterocycles. The molecule has 0 saturated carbocycles. The lowest BCUT2D eigenvalue weighted by Crippen LogP contribution is -2.06. The highest BCUT2D eigenvalue weighted by atomic mass is 16.5. The topological polar surface area (TPSA) is 67.0 Å². The largest absolute Gasteiger partial charge is 0.497 e. The molecule has 5 nitrogen and oxygen atoms in total. The summed E-state index contributed by atoms with van der Waals surface area (Å²) >= 11 is 0. The summed E-state index contributed by atoms with van der Waals surface area (Å²) in [5, 5.41) is 4.82. The first-order chi connectivity index (χ1) is 12.2. The first kappa shape index (κ1) is 20.2. The fourth-order valence-electron chi connectivity index (χ4n) is 2.31. The molecule has 134 valence electrons. The molecule has 0 saturated heterocycles. The first-order valence-electron chi connectivity index (χ1n) is 8.57. The van der Waals surface area contributed by atoms with E-state index in [1.54, 1.807) is 13.3 Å². The third kappa shape index (κ3) is 5.08. The summed E-state index contributed by atoms with van der Waals surface area (Å²) in [5.74, 6) is 1.12. The Balaban J connectivity index is 0.000000730. The second-order valence-corrected chi connectivity index (χ2v) is 4.72. The van der Waals surface area contributed by atoms with Crippen LogP contribution in [-0.4, -0.2) is 23.0 Å². The van der Waals surface area contributed by atoms with Gasteiger partial charge in [0.05, 0.1) is 19.0 Å². The molecule has 0 aliphatic heterocycles. The molecule has 0 spiro atoms. The molecule has 0 unspecified atom stereocenters. The Kier molecular flexibility index (Phi) is 8.19. The standard InChI is InChI=1S/C16H15N3O2.2C2H6/c1-10(20)18-16-17-9-15(19-16)14-5-3-4-11-8-12(21-2)6-7-13(11)14;2*1-2/h3-9H,1-2H3,(H2,17,18,19,20);2*1-2H3. The second-order valence-electron chi connectivity index (χ2n) is 4.72. The Hall–Kier alpha value is -2.82. The molecule has 5 heteroatoms. The van der Waals surface area contributed by atoms with Crippen molar-refractivity contribution in [2.24, 2.45) is 0 Å². The van der Waals surface area contributed by atoms with Crippen molar-refractivity contribution in [1.29, 1.82) is 0 Å². The molecule has 0 fully saturated rings. The quantitative estimate of drug-likeness (QED) is 0.684. The van der Waals surface area contributed by atoms with Crippen molar-refractivity contribution in [3.8, 4) is 17.0 Å². The average Bonchev–Trinajstić information content (AvgIpc) is 3.11. The van der Waals surface area contributed by atoms with E-state index >= 15 is 0 Å². The number of anilines is 1. The molecule has 0 radical (unpaired) electrons. The lowest BCUT2D eigenvalue weighted by Gasteiger charge is -2.06. The van der Waals surface area contributed by atoms with Crippen molar-refractivity contribution in [2.75, 3.05) is 12.4 Å². The molecular formula is C20H27N3O2. The van der Waals surface area contributed by atoms with Crippen molar-refractivity contribution in [2.45, 2.75) is 34.6 Å². The first-order valence-corrected chi connectivity index (χ1v) is 8.57. The average molecular weight is 341 g/mol. The van der Waals surface area contributed by atoms with Crippen molar-refractivity contribution in [3.05, 3.63) is 42.6 Å². The fourth-order valence-corrected chi connectivity index (χ4v) is 2.31. The van der Waals surface area contributed by atoms with Crippen LogP contribution in [0.15, 0.2) is 42.6 Å². The highest BCUT2D eigenvalue weighted by Crippen LogP contribution is 2.30. The zero-order chi connectivity index (χ0) is 18.8. The van der Waals surface area contributed by atoms with Gasteiger partial charge in [-0.25, -0.2) is 4.98 Å². The number of ether oxygens (including phenoxy) is 1. The predicted octanol–water partition coefficient (Wildman–Crippen LogP) is 5.25. The number of nitrogens with zero attached hydrogens (tertiary/aromatic N) is 1. The fraction of sp³-hybridized carbons (Fsp3) is 0.300. The Morgan fingerprint density at radius 1 is 1.12 bits per heavy atom. The zero-order valence-corrected chi connectivity index (χ0v) is 15.8. The number of imidazole rings is 1. The number of H-pyrrole nitrogens is 1. The van der Waals surface area contributed by atoms with Gasteiger partial charge in [-0.2, -0.15) is 0 Å². The van der Waals surface area contributed by atoms with Crippen LogP contribution in [0.4, 0.5) is 5.95 Å². The molecule has 0 aliphatic carbocycles. The molecule has 0 atom stereocenters. The molecule has 2 aromatic carbocycles. The van der Waals surface area contributed by atoms with Gasteiger partial charge in [0.25, 0.3) is 0 Å². The highest BCUT2D eigenvalue weighted by Gasteiger charge is 2.08. The van der Waals surface area contributed by atoms with E-state index in [0.717, 1.165) is 27.8 Å². The van der Waals surface area contributed by atoms with E-state index in [9.17, 15) is 4.79 Å². The minimum absolute atomic E-state index is 0.154. The molecule has 2 N–H and O–H groups in total.